The number of anilines is 1. The van der Waals surface area contributed by atoms with Gasteiger partial charge in [-0.05, 0) is 12.1 Å². The zero-order valence-electron chi connectivity index (χ0n) is 8.63. The van der Waals surface area contributed by atoms with Gasteiger partial charge in [-0.3, -0.25) is 4.79 Å². The van der Waals surface area contributed by atoms with Crippen LogP contribution in [0.5, 0.6) is 5.75 Å². The molecule has 82 valence electrons. The van der Waals surface area contributed by atoms with E-state index in [1.54, 1.807) is 13.2 Å². The molecule has 0 heterocycles. The molecule has 0 saturated heterocycles. The highest BCUT2D eigenvalue weighted by Crippen LogP contribution is 2.33. The van der Waals surface area contributed by atoms with Gasteiger partial charge in [0, 0.05) is 23.5 Å². The lowest BCUT2D eigenvalue weighted by atomic mass is 10.1. The second kappa shape index (κ2) is 5.14. The number of hydrogen-bond donors (Lipinski definition) is 2. The molecule has 1 aromatic carbocycles. The summed E-state index contributed by atoms with van der Waals surface area (Å²) in [5.74, 6) is 0.454. The average Bonchev–Trinajstić information content (AvgIpc) is 2.18. The molecule has 0 aliphatic heterocycles. The zero-order chi connectivity index (χ0) is 11.4. The van der Waals surface area contributed by atoms with E-state index in [0.29, 0.717) is 18.0 Å². The molecule has 3 N–H and O–H groups in total. The number of hydrogen-bond acceptors (Lipinski definition) is 3. The quantitative estimate of drug-likeness (QED) is 0.883. The number of nitrogens with one attached hydrogen (secondary N) is 1. The van der Waals surface area contributed by atoms with Crippen LogP contribution in [0.1, 0.15) is 12.5 Å². The maximum absolute atomic E-state index is 11.0. The first kappa shape index (κ1) is 12.0. The summed E-state index contributed by atoms with van der Waals surface area (Å²) >= 11 is 3.37. The van der Waals surface area contributed by atoms with Crippen molar-refractivity contribution in [3.8, 4) is 5.75 Å². The van der Waals surface area contributed by atoms with Gasteiger partial charge in [0.05, 0.1) is 12.8 Å². The number of benzene rings is 1. The first-order chi connectivity index (χ1) is 7.10. The molecular weight excluding hydrogens is 260 g/mol. The number of carbonyl (C=O) groups excluding carboxylic acids is 1. The first-order valence-electron chi connectivity index (χ1n) is 4.43. The lowest BCUT2D eigenvalue weighted by Crippen LogP contribution is -2.12. The van der Waals surface area contributed by atoms with Crippen molar-refractivity contribution >= 4 is 27.5 Å². The fraction of sp³-hybridized carbons (Fsp3) is 0.300. The normalized spacial score (nSPS) is 9.87. The van der Waals surface area contributed by atoms with Gasteiger partial charge in [-0.1, -0.05) is 15.9 Å². The van der Waals surface area contributed by atoms with Gasteiger partial charge >= 0.3 is 0 Å². The molecule has 0 unspecified atom stereocenters. The minimum absolute atomic E-state index is 0.152. The van der Waals surface area contributed by atoms with E-state index in [1.165, 1.54) is 6.92 Å². The maximum atomic E-state index is 11.0. The molecule has 5 heteroatoms. The third-order valence-electron chi connectivity index (χ3n) is 1.94. The Morgan fingerprint density at radius 3 is 2.73 bits per heavy atom. The van der Waals surface area contributed by atoms with Crippen LogP contribution in [-0.4, -0.2) is 13.0 Å². The molecule has 0 aliphatic carbocycles. The topological polar surface area (TPSA) is 64.3 Å². The Balaban J connectivity index is 3.26. The Hall–Kier alpha value is -1.07. The molecule has 1 amide bonds. The maximum Gasteiger partial charge on any atom is 0.221 e. The van der Waals surface area contributed by atoms with Crippen LogP contribution in [0.25, 0.3) is 0 Å². The lowest BCUT2D eigenvalue weighted by molar-refractivity contribution is -0.114. The number of amides is 1. The SMILES string of the molecule is COc1ccc(Br)c(CN)c1NC(C)=O. The van der Waals surface area contributed by atoms with Crippen molar-refractivity contribution in [2.24, 2.45) is 5.73 Å². The summed E-state index contributed by atoms with van der Waals surface area (Å²) in [6.07, 6.45) is 0. The van der Waals surface area contributed by atoms with Gasteiger partial charge in [0.15, 0.2) is 0 Å². The molecule has 0 radical (unpaired) electrons. The summed E-state index contributed by atoms with van der Waals surface area (Å²) in [5, 5.41) is 2.71. The van der Waals surface area contributed by atoms with Crippen LogP contribution in [0.4, 0.5) is 5.69 Å². The van der Waals surface area contributed by atoms with Gasteiger partial charge < -0.3 is 15.8 Å². The molecule has 0 bridgehead atoms. The molecule has 15 heavy (non-hydrogen) atoms. The van der Waals surface area contributed by atoms with E-state index in [-0.39, 0.29) is 5.91 Å². The van der Waals surface area contributed by atoms with Crippen molar-refractivity contribution in [2.75, 3.05) is 12.4 Å². The smallest absolute Gasteiger partial charge is 0.221 e. The molecular formula is C10H13BrN2O2. The van der Waals surface area contributed by atoms with Gasteiger partial charge in [0.2, 0.25) is 5.91 Å². The fourth-order valence-electron chi connectivity index (χ4n) is 1.28. The van der Waals surface area contributed by atoms with Crippen LogP contribution in [0.3, 0.4) is 0 Å². The largest absolute Gasteiger partial charge is 0.495 e. The Morgan fingerprint density at radius 1 is 1.60 bits per heavy atom. The lowest BCUT2D eigenvalue weighted by Gasteiger charge is -2.14. The third-order valence-corrected chi connectivity index (χ3v) is 2.69. The molecule has 0 aliphatic rings. The van der Waals surface area contributed by atoms with Crippen LogP contribution in [0, 0.1) is 0 Å². The molecule has 0 saturated carbocycles. The zero-order valence-corrected chi connectivity index (χ0v) is 10.2. The highest BCUT2D eigenvalue weighted by molar-refractivity contribution is 9.10. The number of methoxy groups -OCH3 is 1. The number of halogens is 1. The summed E-state index contributed by atoms with van der Waals surface area (Å²) in [7, 11) is 1.55. The van der Waals surface area contributed by atoms with E-state index < -0.39 is 0 Å². The molecule has 0 atom stereocenters. The number of carbonyl (C=O) groups is 1. The summed E-state index contributed by atoms with van der Waals surface area (Å²) in [4.78, 5) is 11.0. The second-order valence-electron chi connectivity index (χ2n) is 2.99. The van der Waals surface area contributed by atoms with Crippen molar-refractivity contribution < 1.29 is 9.53 Å². The molecule has 0 fully saturated rings. The second-order valence-corrected chi connectivity index (χ2v) is 3.84. The summed E-state index contributed by atoms with van der Waals surface area (Å²) in [6.45, 7) is 1.77. The molecule has 0 aromatic heterocycles. The van der Waals surface area contributed by atoms with Crippen LogP contribution in [0.15, 0.2) is 16.6 Å². The van der Waals surface area contributed by atoms with Gasteiger partial charge in [-0.15, -0.1) is 0 Å². The number of ether oxygens (including phenoxy) is 1. The summed E-state index contributed by atoms with van der Waals surface area (Å²) in [6, 6.07) is 3.61. The third kappa shape index (κ3) is 2.70. The monoisotopic (exact) mass is 272 g/mol. The number of rotatable bonds is 3. The van der Waals surface area contributed by atoms with Crippen molar-refractivity contribution in [1.29, 1.82) is 0 Å². The Kier molecular flexibility index (Phi) is 4.11. The van der Waals surface area contributed by atoms with Crippen LogP contribution >= 0.6 is 15.9 Å². The van der Waals surface area contributed by atoms with Gasteiger partial charge in [0.1, 0.15) is 5.75 Å². The van der Waals surface area contributed by atoms with Crippen LogP contribution in [0.2, 0.25) is 0 Å². The van der Waals surface area contributed by atoms with E-state index in [1.807, 2.05) is 6.07 Å². The van der Waals surface area contributed by atoms with Crippen LogP contribution < -0.4 is 15.8 Å². The Morgan fingerprint density at radius 2 is 2.27 bits per heavy atom. The highest BCUT2D eigenvalue weighted by atomic mass is 79.9. The van der Waals surface area contributed by atoms with Crippen molar-refractivity contribution in [2.45, 2.75) is 13.5 Å². The fourth-order valence-corrected chi connectivity index (χ4v) is 1.78. The van der Waals surface area contributed by atoms with E-state index >= 15 is 0 Å². The highest BCUT2D eigenvalue weighted by Gasteiger charge is 2.12. The summed E-state index contributed by atoms with van der Waals surface area (Å²) in [5.41, 5.74) is 7.06. The van der Waals surface area contributed by atoms with Gasteiger partial charge in [-0.25, -0.2) is 0 Å². The standard InChI is InChI=1S/C10H13BrN2O2/c1-6(14)13-10-7(5-12)8(11)3-4-9(10)15-2/h3-4H,5,12H2,1-2H3,(H,13,14). The predicted molar refractivity (Wildman–Crippen MR) is 62.9 cm³/mol. The van der Waals surface area contributed by atoms with E-state index in [0.717, 1.165) is 10.0 Å². The number of nitrogens with two attached hydrogens (primary N) is 1. The predicted octanol–water partition coefficient (Wildman–Crippen LogP) is 1.87. The van der Waals surface area contributed by atoms with Crippen molar-refractivity contribution in [3.63, 3.8) is 0 Å². The van der Waals surface area contributed by atoms with E-state index in [2.05, 4.69) is 21.2 Å². The van der Waals surface area contributed by atoms with Crippen LogP contribution in [-0.2, 0) is 11.3 Å². The first-order valence-corrected chi connectivity index (χ1v) is 5.22. The van der Waals surface area contributed by atoms with Gasteiger partial charge in [0.25, 0.3) is 0 Å². The minimum Gasteiger partial charge on any atom is -0.495 e. The average molecular weight is 273 g/mol. The molecule has 1 rings (SSSR count). The Bertz CT molecular complexity index is 380. The van der Waals surface area contributed by atoms with Crippen molar-refractivity contribution in [1.82, 2.24) is 0 Å². The summed E-state index contributed by atoms with van der Waals surface area (Å²) < 4.78 is 6.01. The molecule has 0 spiro atoms. The van der Waals surface area contributed by atoms with Gasteiger partial charge in [-0.2, -0.15) is 0 Å². The van der Waals surface area contributed by atoms with Crippen molar-refractivity contribution in [3.05, 3.63) is 22.2 Å². The molecule has 4 nitrogen and oxygen atoms in total. The minimum atomic E-state index is -0.152. The Labute approximate surface area is 96.9 Å². The van der Waals surface area contributed by atoms with E-state index in [9.17, 15) is 4.79 Å². The van der Waals surface area contributed by atoms with E-state index in [4.69, 9.17) is 10.5 Å². The molecule has 1 aromatic rings.